The standard InChI is InChI=1S/C19H17N7O2S/c1-12-5-3-8-15-17(12)20-11-25(18(15)28)10-16(27)21-13-6-4-7-14(9-13)26-19(29-2)22-23-24-26/h3-9,11H,10H2,1-2H3,(H,21,27). The highest BCUT2D eigenvalue weighted by Gasteiger charge is 2.11. The molecule has 2 heterocycles. The summed E-state index contributed by atoms with van der Waals surface area (Å²) < 4.78 is 2.88. The number of fused-ring (bicyclic) bond motifs is 1. The Balaban J connectivity index is 1.55. The molecule has 0 fully saturated rings. The molecule has 2 aromatic carbocycles. The van der Waals surface area contributed by atoms with Crippen LogP contribution < -0.4 is 10.9 Å². The number of para-hydroxylation sites is 1. The second-order valence-electron chi connectivity index (χ2n) is 6.32. The first-order valence-electron chi connectivity index (χ1n) is 8.74. The zero-order valence-corrected chi connectivity index (χ0v) is 16.6. The minimum atomic E-state index is -0.333. The van der Waals surface area contributed by atoms with Crippen LogP contribution in [0.3, 0.4) is 0 Å². The third-order valence-corrected chi connectivity index (χ3v) is 4.99. The molecule has 146 valence electrons. The largest absolute Gasteiger partial charge is 0.324 e. The van der Waals surface area contributed by atoms with Crippen LogP contribution >= 0.6 is 11.8 Å². The number of anilines is 1. The fraction of sp³-hybridized carbons (Fsp3) is 0.158. The van der Waals surface area contributed by atoms with E-state index in [2.05, 4.69) is 25.8 Å². The molecule has 29 heavy (non-hydrogen) atoms. The van der Waals surface area contributed by atoms with Crippen molar-refractivity contribution in [1.82, 2.24) is 29.8 Å². The van der Waals surface area contributed by atoms with Crippen LogP contribution in [0.5, 0.6) is 0 Å². The summed E-state index contributed by atoms with van der Waals surface area (Å²) in [5.41, 5.74) is 2.61. The number of aryl methyl sites for hydroxylation is 1. The van der Waals surface area contributed by atoms with Crippen LogP contribution in [-0.2, 0) is 11.3 Å². The van der Waals surface area contributed by atoms with Crippen LogP contribution in [-0.4, -0.2) is 41.9 Å². The SMILES string of the molecule is CSc1nnnn1-c1cccc(NC(=O)Cn2cnc3c(C)cccc3c2=O)c1. The van der Waals surface area contributed by atoms with E-state index in [1.54, 1.807) is 35.0 Å². The molecule has 0 aliphatic rings. The van der Waals surface area contributed by atoms with Gasteiger partial charge in [0.1, 0.15) is 6.54 Å². The summed E-state index contributed by atoms with van der Waals surface area (Å²) in [6.45, 7) is 1.76. The van der Waals surface area contributed by atoms with Gasteiger partial charge in [0.15, 0.2) is 0 Å². The zero-order valence-electron chi connectivity index (χ0n) is 15.7. The highest BCUT2D eigenvalue weighted by atomic mass is 32.2. The van der Waals surface area contributed by atoms with Crippen molar-refractivity contribution >= 4 is 34.3 Å². The van der Waals surface area contributed by atoms with Gasteiger partial charge < -0.3 is 5.32 Å². The van der Waals surface area contributed by atoms with Crippen LogP contribution in [0.15, 0.2) is 58.7 Å². The molecule has 9 nitrogen and oxygen atoms in total. The fourth-order valence-corrected chi connectivity index (χ4v) is 3.42. The molecule has 0 aliphatic carbocycles. The number of hydrogen-bond acceptors (Lipinski definition) is 7. The lowest BCUT2D eigenvalue weighted by Crippen LogP contribution is -2.28. The van der Waals surface area contributed by atoms with E-state index >= 15 is 0 Å². The van der Waals surface area contributed by atoms with Gasteiger partial charge in [-0.1, -0.05) is 30.0 Å². The Morgan fingerprint density at radius 2 is 2.03 bits per heavy atom. The van der Waals surface area contributed by atoms with Crippen molar-refractivity contribution in [2.75, 3.05) is 11.6 Å². The van der Waals surface area contributed by atoms with Crippen molar-refractivity contribution in [1.29, 1.82) is 0 Å². The van der Waals surface area contributed by atoms with E-state index < -0.39 is 0 Å². The fourth-order valence-electron chi connectivity index (χ4n) is 2.99. The Bertz CT molecular complexity index is 1260. The first-order chi connectivity index (χ1) is 14.1. The average molecular weight is 407 g/mol. The van der Waals surface area contributed by atoms with Crippen molar-refractivity contribution < 1.29 is 4.79 Å². The normalized spacial score (nSPS) is 11.0. The number of tetrazole rings is 1. The van der Waals surface area contributed by atoms with Crippen molar-refractivity contribution in [3.05, 3.63) is 64.7 Å². The Hall–Kier alpha value is -3.53. The summed E-state index contributed by atoms with van der Waals surface area (Å²) in [5.74, 6) is -0.333. The summed E-state index contributed by atoms with van der Waals surface area (Å²) in [6, 6.07) is 12.6. The summed E-state index contributed by atoms with van der Waals surface area (Å²) in [4.78, 5) is 29.5. The van der Waals surface area contributed by atoms with Gasteiger partial charge in [-0.15, -0.1) is 5.10 Å². The predicted molar refractivity (Wildman–Crippen MR) is 110 cm³/mol. The second kappa shape index (κ2) is 7.84. The zero-order chi connectivity index (χ0) is 20.4. The van der Waals surface area contributed by atoms with E-state index in [1.807, 2.05) is 25.3 Å². The summed E-state index contributed by atoms with van der Waals surface area (Å²) in [7, 11) is 0. The van der Waals surface area contributed by atoms with Gasteiger partial charge in [-0.25, -0.2) is 4.98 Å². The van der Waals surface area contributed by atoms with E-state index in [0.29, 0.717) is 21.7 Å². The van der Waals surface area contributed by atoms with Crippen molar-refractivity contribution in [2.45, 2.75) is 18.6 Å². The van der Waals surface area contributed by atoms with Crippen LogP contribution in [0.25, 0.3) is 16.6 Å². The molecule has 0 unspecified atom stereocenters. The molecule has 1 amide bonds. The lowest BCUT2D eigenvalue weighted by atomic mass is 10.1. The number of carbonyl (C=O) groups is 1. The Morgan fingerprint density at radius 1 is 1.21 bits per heavy atom. The Morgan fingerprint density at radius 3 is 2.86 bits per heavy atom. The predicted octanol–water partition coefficient (Wildman–Crippen LogP) is 2.04. The molecule has 2 aromatic heterocycles. The number of thioether (sulfide) groups is 1. The van der Waals surface area contributed by atoms with E-state index in [9.17, 15) is 9.59 Å². The first kappa shape index (κ1) is 18.8. The minimum absolute atomic E-state index is 0.138. The van der Waals surface area contributed by atoms with Gasteiger partial charge in [0.25, 0.3) is 5.56 Å². The van der Waals surface area contributed by atoms with Crippen LogP contribution in [0, 0.1) is 6.92 Å². The maximum Gasteiger partial charge on any atom is 0.261 e. The average Bonchev–Trinajstić information content (AvgIpc) is 3.20. The molecule has 0 atom stereocenters. The molecule has 0 saturated heterocycles. The smallest absolute Gasteiger partial charge is 0.261 e. The number of carbonyl (C=O) groups excluding carboxylic acids is 1. The molecule has 1 N–H and O–H groups in total. The van der Waals surface area contributed by atoms with Crippen molar-refractivity contribution in [3.8, 4) is 5.69 Å². The van der Waals surface area contributed by atoms with Gasteiger partial charge in [-0.05, 0) is 53.4 Å². The summed E-state index contributed by atoms with van der Waals surface area (Å²) in [6.07, 6.45) is 3.28. The number of benzene rings is 2. The molecule has 0 saturated carbocycles. The molecule has 10 heteroatoms. The third kappa shape index (κ3) is 3.74. The van der Waals surface area contributed by atoms with E-state index in [4.69, 9.17) is 0 Å². The summed E-state index contributed by atoms with van der Waals surface area (Å²) >= 11 is 1.42. The van der Waals surface area contributed by atoms with Crippen LogP contribution in [0.2, 0.25) is 0 Å². The number of nitrogens with one attached hydrogen (secondary N) is 1. The third-order valence-electron chi connectivity index (χ3n) is 4.37. The molecule has 4 rings (SSSR count). The van der Waals surface area contributed by atoms with E-state index in [1.165, 1.54) is 22.7 Å². The quantitative estimate of drug-likeness (QED) is 0.504. The molecule has 0 spiro atoms. The van der Waals surface area contributed by atoms with Crippen molar-refractivity contribution in [2.24, 2.45) is 0 Å². The molecule has 0 radical (unpaired) electrons. The van der Waals surface area contributed by atoms with Gasteiger partial charge in [-0.3, -0.25) is 14.2 Å². The second-order valence-corrected chi connectivity index (χ2v) is 7.10. The topological polar surface area (TPSA) is 108 Å². The monoisotopic (exact) mass is 407 g/mol. The van der Waals surface area contributed by atoms with Gasteiger partial charge in [0.05, 0.1) is 22.9 Å². The van der Waals surface area contributed by atoms with Crippen molar-refractivity contribution in [3.63, 3.8) is 0 Å². The number of rotatable bonds is 5. The van der Waals surface area contributed by atoms with Gasteiger partial charge in [0.2, 0.25) is 11.1 Å². The van der Waals surface area contributed by atoms with Crippen LogP contribution in [0.4, 0.5) is 5.69 Å². The highest BCUT2D eigenvalue weighted by Crippen LogP contribution is 2.18. The van der Waals surface area contributed by atoms with Gasteiger partial charge in [0, 0.05) is 5.69 Å². The molecule has 0 aliphatic heterocycles. The highest BCUT2D eigenvalue weighted by molar-refractivity contribution is 7.98. The lowest BCUT2D eigenvalue weighted by Gasteiger charge is -2.10. The molecular weight excluding hydrogens is 390 g/mol. The Labute approximate surface area is 169 Å². The van der Waals surface area contributed by atoms with Crippen LogP contribution in [0.1, 0.15) is 5.56 Å². The Kier molecular flexibility index (Phi) is 5.09. The van der Waals surface area contributed by atoms with E-state index in [0.717, 1.165) is 11.3 Å². The number of aromatic nitrogens is 6. The molecule has 0 bridgehead atoms. The van der Waals surface area contributed by atoms with Gasteiger partial charge in [-0.2, -0.15) is 4.68 Å². The number of amides is 1. The first-order valence-corrected chi connectivity index (χ1v) is 9.96. The maximum atomic E-state index is 12.7. The minimum Gasteiger partial charge on any atom is -0.324 e. The number of nitrogens with zero attached hydrogens (tertiary/aromatic N) is 6. The summed E-state index contributed by atoms with van der Waals surface area (Å²) in [5, 5.41) is 15.5. The van der Waals surface area contributed by atoms with Gasteiger partial charge >= 0.3 is 0 Å². The maximum absolute atomic E-state index is 12.7. The van der Waals surface area contributed by atoms with E-state index in [-0.39, 0.29) is 18.0 Å². The lowest BCUT2D eigenvalue weighted by molar-refractivity contribution is -0.116. The number of hydrogen-bond donors (Lipinski definition) is 1. The molecular formula is C19H17N7O2S. The molecule has 4 aromatic rings.